The van der Waals surface area contributed by atoms with Crippen molar-refractivity contribution < 1.29 is 9.59 Å². The van der Waals surface area contributed by atoms with Crippen LogP contribution in [-0.2, 0) is 9.59 Å². The smallest absolute Gasteiger partial charge is 0.238 e. The van der Waals surface area contributed by atoms with Crippen molar-refractivity contribution in [1.82, 2.24) is 0 Å². The summed E-state index contributed by atoms with van der Waals surface area (Å²) in [5.74, 6) is -0.278. The maximum absolute atomic E-state index is 13.0. The predicted molar refractivity (Wildman–Crippen MR) is 92.7 cm³/mol. The van der Waals surface area contributed by atoms with Crippen molar-refractivity contribution in [2.45, 2.75) is 20.3 Å². The van der Waals surface area contributed by atoms with Gasteiger partial charge in [-0.3, -0.25) is 9.59 Å². The normalized spacial score (nSPS) is 31.3. The predicted octanol–water partition coefficient (Wildman–Crippen LogP) is 4.10. The second-order valence-electron chi connectivity index (χ2n) is 6.57. The molecule has 0 spiro atoms. The molecule has 1 aliphatic heterocycles. The van der Waals surface area contributed by atoms with Gasteiger partial charge in [-0.25, -0.2) is 4.90 Å². The maximum Gasteiger partial charge on any atom is 0.238 e. The zero-order valence-electron chi connectivity index (χ0n) is 13.1. The Bertz CT molecular complexity index is 728. The third-order valence-electron chi connectivity index (χ3n) is 5.52. The minimum absolute atomic E-state index is 0.0411. The van der Waals surface area contributed by atoms with Crippen LogP contribution >= 0.6 is 15.9 Å². The Labute approximate surface area is 144 Å². The third-order valence-corrected chi connectivity index (χ3v) is 6.05. The first kappa shape index (κ1) is 14.9. The molecule has 1 heterocycles. The third kappa shape index (κ3) is 1.94. The number of amides is 2. The van der Waals surface area contributed by atoms with E-state index in [9.17, 15) is 9.59 Å². The van der Waals surface area contributed by atoms with E-state index in [-0.39, 0.29) is 35.5 Å². The number of carbonyl (C=O) groups excluding carboxylic acids is 2. The van der Waals surface area contributed by atoms with Crippen LogP contribution in [0.4, 0.5) is 5.69 Å². The van der Waals surface area contributed by atoms with E-state index in [0.29, 0.717) is 5.69 Å². The number of halogens is 1. The number of rotatable bonds is 2. The van der Waals surface area contributed by atoms with Gasteiger partial charge in [0.25, 0.3) is 0 Å². The molecule has 3 aliphatic rings. The Balaban J connectivity index is 1.74. The molecule has 0 unspecified atom stereocenters. The first-order valence-electron chi connectivity index (χ1n) is 8.05. The average Bonchev–Trinajstić information content (AvgIpc) is 3.18. The summed E-state index contributed by atoms with van der Waals surface area (Å²) in [6.45, 7) is 4.26. The van der Waals surface area contributed by atoms with Crippen LogP contribution in [0.15, 0.2) is 52.0 Å². The fourth-order valence-electron chi connectivity index (χ4n) is 4.38. The van der Waals surface area contributed by atoms with E-state index >= 15 is 0 Å². The summed E-state index contributed by atoms with van der Waals surface area (Å²) < 4.78 is 0.936. The van der Waals surface area contributed by atoms with E-state index in [1.165, 1.54) is 16.0 Å². The van der Waals surface area contributed by atoms with Crippen molar-refractivity contribution in [3.05, 3.63) is 52.0 Å². The van der Waals surface area contributed by atoms with Crippen LogP contribution in [0.3, 0.4) is 0 Å². The minimum Gasteiger partial charge on any atom is -0.274 e. The number of allylic oxidation sites excluding steroid dienone is 4. The van der Waals surface area contributed by atoms with Crippen molar-refractivity contribution in [2.24, 2.45) is 23.7 Å². The summed E-state index contributed by atoms with van der Waals surface area (Å²) >= 11 is 3.39. The van der Waals surface area contributed by atoms with Crippen LogP contribution in [0.1, 0.15) is 20.3 Å². The highest BCUT2D eigenvalue weighted by molar-refractivity contribution is 9.10. The molecule has 2 bridgehead atoms. The number of hydrogen-bond acceptors (Lipinski definition) is 2. The molecule has 1 aromatic carbocycles. The Morgan fingerprint density at radius 3 is 2.04 bits per heavy atom. The van der Waals surface area contributed by atoms with Gasteiger partial charge in [-0.2, -0.15) is 0 Å². The van der Waals surface area contributed by atoms with Crippen LogP contribution in [0.25, 0.3) is 0 Å². The van der Waals surface area contributed by atoms with Crippen molar-refractivity contribution in [2.75, 3.05) is 4.90 Å². The summed E-state index contributed by atoms with van der Waals surface area (Å²) in [4.78, 5) is 27.3. The van der Waals surface area contributed by atoms with Crippen molar-refractivity contribution in [3.8, 4) is 0 Å². The fourth-order valence-corrected chi connectivity index (χ4v) is 4.65. The van der Waals surface area contributed by atoms with Crippen LogP contribution in [0.5, 0.6) is 0 Å². The average molecular weight is 372 g/mol. The highest BCUT2D eigenvalue weighted by Gasteiger charge is 2.61. The van der Waals surface area contributed by atoms with Gasteiger partial charge in [0.2, 0.25) is 11.8 Å². The second-order valence-corrected chi connectivity index (χ2v) is 7.48. The Hall–Kier alpha value is -1.68. The van der Waals surface area contributed by atoms with Gasteiger partial charge in [0.1, 0.15) is 0 Å². The Morgan fingerprint density at radius 2 is 1.57 bits per heavy atom. The molecule has 118 valence electrons. The van der Waals surface area contributed by atoms with E-state index in [2.05, 4.69) is 41.9 Å². The topological polar surface area (TPSA) is 37.4 Å². The lowest BCUT2D eigenvalue weighted by molar-refractivity contribution is -0.122. The first-order chi connectivity index (χ1) is 11.0. The van der Waals surface area contributed by atoms with Gasteiger partial charge >= 0.3 is 0 Å². The molecule has 4 heteroatoms. The number of carbonyl (C=O) groups is 2. The highest BCUT2D eigenvalue weighted by atomic mass is 79.9. The number of anilines is 1. The number of fused-ring (bicyclic) bond motifs is 5. The number of imide groups is 1. The molecule has 1 aromatic rings. The van der Waals surface area contributed by atoms with Gasteiger partial charge in [0, 0.05) is 16.3 Å². The van der Waals surface area contributed by atoms with Crippen molar-refractivity contribution in [3.63, 3.8) is 0 Å². The van der Waals surface area contributed by atoms with E-state index in [4.69, 9.17) is 0 Å². The van der Waals surface area contributed by atoms with Gasteiger partial charge < -0.3 is 0 Å². The summed E-state index contributed by atoms with van der Waals surface area (Å²) in [5, 5.41) is 0. The zero-order chi connectivity index (χ0) is 16.3. The first-order valence-corrected chi connectivity index (χ1v) is 8.85. The minimum atomic E-state index is -0.211. The van der Waals surface area contributed by atoms with Crippen molar-refractivity contribution in [1.29, 1.82) is 0 Å². The fraction of sp³-hybridized carbons (Fsp3) is 0.368. The van der Waals surface area contributed by atoms with Crippen LogP contribution in [-0.4, -0.2) is 11.8 Å². The molecule has 1 saturated heterocycles. The molecule has 0 radical (unpaired) electrons. The summed E-state index contributed by atoms with van der Waals surface area (Å²) in [5.41, 5.74) is 3.32. The highest BCUT2D eigenvalue weighted by Crippen LogP contribution is 2.57. The lowest BCUT2D eigenvalue weighted by atomic mass is 9.85. The Kier molecular flexibility index (Phi) is 3.34. The quantitative estimate of drug-likeness (QED) is 0.579. The number of nitrogens with zero attached hydrogens (tertiary/aromatic N) is 1. The number of benzene rings is 1. The molecule has 2 amide bonds. The van der Waals surface area contributed by atoms with E-state index in [0.717, 1.165) is 10.9 Å². The maximum atomic E-state index is 13.0. The second kappa shape index (κ2) is 5.17. The molecule has 23 heavy (non-hydrogen) atoms. The van der Waals surface area contributed by atoms with Crippen molar-refractivity contribution >= 4 is 33.4 Å². The molecule has 0 N–H and O–H groups in total. The molecule has 3 nitrogen and oxygen atoms in total. The van der Waals surface area contributed by atoms with Gasteiger partial charge in [-0.05, 0) is 37.6 Å². The summed E-state index contributed by atoms with van der Waals surface area (Å²) in [6, 6.07) is 7.38. The molecule has 2 aliphatic carbocycles. The van der Waals surface area contributed by atoms with E-state index < -0.39 is 0 Å². The molecule has 0 aromatic heterocycles. The van der Waals surface area contributed by atoms with Gasteiger partial charge in [0.15, 0.2) is 0 Å². The number of hydrogen-bond donors (Lipinski definition) is 0. The van der Waals surface area contributed by atoms with Crippen LogP contribution in [0, 0.1) is 23.7 Å². The SMILES string of the molecule is CCC(C)=C1[C@H]2C=C[C@H]1[C@@H]1C(=O)N(c3ccc(Br)cc3)C(=O)[C@H]12. The lowest BCUT2D eigenvalue weighted by Crippen LogP contribution is -2.33. The van der Waals surface area contributed by atoms with E-state index in [1.54, 1.807) is 0 Å². The van der Waals surface area contributed by atoms with Gasteiger partial charge in [0.05, 0.1) is 17.5 Å². The molecular formula is C19H18BrNO2. The zero-order valence-corrected chi connectivity index (χ0v) is 14.7. The molecule has 1 saturated carbocycles. The molecule has 4 atom stereocenters. The molecular weight excluding hydrogens is 354 g/mol. The van der Waals surface area contributed by atoms with Crippen LogP contribution in [0.2, 0.25) is 0 Å². The monoisotopic (exact) mass is 371 g/mol. The molecule has 4 rings (SSSR count). The summed E-state index contributed by atoms with van der Waals surface area (Å²) in [7, 11) is 0. The lowest BCUT2D eigenvalue weighted by Gasteiger charge is -2.19. The Morgan fingerprint density at radius 1 is 1.04 bits per heavy atom. The molecule has 2 fully saturated rings. The van der Waals surface area contributed by atoms with Gasteiger partial charge in [-0.1, -0.05) is 46.2 Å². The largest absolute Gasteiger partial charge is 0.274 e. The standard InChI is InChI=1S/C19H18BrNO2/c1-3-10(2)15-13-8-9-14(15)17-16(13)18(22)21(19(17)23)12-6-4-11(20)5-7-12/h4-9,13-14,16-17H,3H2,1-2H3/t13-,14-,16+,17+/m1/s1. The van der Waals surface area contributed by atoms with E-state index in [1.807, 2.05) is 24.3 Å². The van der Waals surface area contributed by atoms with Crippen LogP contribution < -0.4 is 4.90 Å². The van der Waals surface area contributed by atoms with Gasteiger partial charge in [-0.15, -0.1) is 0 Å². The summed E-state index contributed by atoms with van der Waals surface area (Å²) in [6.07, 6.45) is 5.25.